The Hall–Kier alpha value is -1.80. The standard InChI is InChI=1S/C25H36F3N3O2/c1-18(2)24(10-7-21(17-24)29-20-8-15-33-16-9-20)23(32)31-13-11-30(12-14-31)22-5-3-19(4-6-22)25(26,27)28/h3-6,18,20-21,29H,7-17H2,1-2H3/t21?,24-/m0/s1. The minimum Gasteiger partial charge on any atom is -0.381 e. The number of carbonyl (C=O) groups excluding carboxylic acids is 1. The summed E-state index contributed by atoms with van der Waals surface area (Å²) >= 11 is 0. The first-order valence-electron chi connectivity index (χ1n) is 12.2. The zero-order chi connectivity index (χ0) is 23.6. The number of nitrogens with one attached hydrogen (secondary N) is 1. The van der Waals surface area contributed by atoms with E-state index in [-0.39, 0.29) is 17.2 Å². The summed E-state index contributed by atoms with van der Waals surface area (Å²) in [6.07, 6.45) is 0.542. The molecule has 1 N–H and O–H groups in total. The van der Waals surface area contributed by atoms with E-state index in [0.717, 1.165) is 63.1 Å². The number of piperazine rings is 1. The molecule has 1 aromatic rings. The molecule has 1 aliphatic carbocycles. The van der Waals surface area contributed by atoms with Gasteiger partial charge in [0.25, 0.3) is 0 Å². The van der Waals surface area contributed by atoms with Gasteiger partial charge < -0.3 is 19.9 Å². The third kappa shape index (κ3) is 5.32. The maximum Gasteiger partial charge on any atom is 0.416 e. The largest absolute Gasteiger partial charge is 0.416 e. The third-order valence-electron chi connectivity index (χ3n) is 7.90. The zero-order valence-corrected chi connectivity index (χ0v) is 19.7. The van der Waals surface area contributed by atoms with Crippen LogP contribution in [0.3, 0.4) is 0 Å². The van der Waals surface area contributed by atoms with Gasteiger partial charge in [-0.3, -0.25) is 4.79 Å². The van der Waals surface area contributed by atoms with Crippen LogP contribution in [0.25, 0.3) is 0 Å². The average Bonchev–Trinajstić information content (AvgIpc) is 3.24. The highest BCUT2D eigenvalue weighted by molar-refractivity contribution is 5.84. The third-order valence-corrected chi connectivity index (χ3v) is 7.90. The van der Waals surface area contributed by atoms with Gasteiger partial charge in [-0.25, -0.2) is 0 Å². The van der Waals surface area contributed by atoms with Gasteiger partial charge in [0.05, 0.1) is 11.0 Å². The Balaban J connectivity index is 1.35. The van der Waals surface area contributed by atoms with Crippen molar-refractivity contribution >= 4 is 11.6 Å². The van der Waals surface area contributed by atoms with Crippen LogP contribution >= 0.6 is 0 Å². The Bertz CT molecular complexity index is 800. The number of ether oxygens (including phenoxy) is 1. The second-order valence-electron chi connectivity index (χ2n) is 10.1. The van der Waals surface area contributed by atoms with E-state index < -0.39 is 11.7 Å². The molecule has 0 radical (unpaired) electrons. The van der Waals surface area contributed by atoms with Crippen LogP contribution in [0, 0.1) is 11.3 Å². The highest BCUT2D eigenvalue weighted by Gasteiger charge is 2.49. The molecule has 0 aromatic heterocycles. The predicted octanol–water partition coefficient (Wildman–Crippen LogP) is 4.32. The first-order valence-corrected chi connectivity index (χ1v) is 12.2. The molecule has 2 saturated heterocycles. The van der Waals surface area contributed by atoms with Crippen LogP contribution in [-0.2, 0) is 15.7 Å². The number of carbonyl (C=O) groups is 1. The summed E-state index contributed by atoms with van der Waals surface area (Å²) in [5.74, 6) is 0.514. The fourth-order valence-corrected chi connectivity index (χ4v) is 5.72. The fraction of sp³-hybridized carbons (Fsp3) is 0.720. The molecular formula is C25H36F3N3O2. The van der Waals surface area contributed by atoms with E-state index in [0.29, 0.717) is 38.3 Å². The molecule has 1 aromatic carbocycles. The van der Waals surface area contributed by atoms with Crippen molar-refractivity contribution < 1.29 is 22.7 Å². The summed E-state index contributed by atoms with van der Waals surface area (Å²) in [6.45, 7) is 8.41. The van der Waals surface area contributed by atoms with Crippen LogP contribution in [0.4, 0.5) is 18.9 Å². The molecule has 8 heteroatoms. The Morgan fingerprint density at radius 1 is 1.03 bits per heavy atom. The number of anilines is 1. The van der Waals surface area contributed by atoms with E-state index in [1.807, 2.05) is 4.90 Å². The topological polar surface area (TPSA) is 44.8 Å². The second kappa shape index (κ2) is 9.82. The van der Waals surface area contributed by atoms with Gasteiger partial charge in [0.2, 0.25) is 5.91 Å². The molecule has 2 atom stereocenters. The second-order valence-corrected chi connectivity index (χ2v) is 10.1. The zero-order valence-electron chi connectivity index (χ0n) is 19.7. The van der Waals surface area contributed by atoms with Crippen molar-refractivity contribution in [2.45, 2.75) is 64.2 Å². The molecule has 1 saturated carbocycles. The molecule has 5 nitrogen and oxygen atoms in total. The first kappa shape index (κ1) is 24.3. The molecule has 0 spiro atoms. The average molecular weight is 468 g/mol. The molecule has 1 unspecified atom stereocenters. The smallest absolute Gasteiger partial charge is 0.381 e. The molecule has 184 valence electrons. The van der Waals surface area contributed by atoms with Gasteiger partial charge in [-0.15, -0.1) is 0 Å². The molecular weight excluding hydrogens is 431 g/mol. The molecule has 3 fully saturated rings. The summed E-state index contributed by atoms with van der Waals surface area (Å²) in [4.78, 5) is 17.8. The number of nitrogens with zero attached hydrogens (tertiary/aromatic N) is 2. The lowest BCUT2D eigenvalue weighted by molar-refractivity contribution is -0.145. The van der Waals surface area contributed by atoms with Crippen molar-refractivity contribution in [3.05, 3.63) is 29.8 Å². The molecule has 1 amide bonds. The van der Waals surface area contributed by atoms with E-state index in [2.05, 4.69) is 24.1 Å². The van der Waals surface area contributed by atoms with Gasteiger partial charge >= 0.3 is 6.18 Å². The van der Waals surface area contributed by atoms with Crippen LogP contribution < -0.4 is 10.2 Å². The number of benzene rings is 1. The summed E-state index contributed by atoms with van der Waals surface area (Å²) in [7, 11) is 0. The summed E-state index contributed by atoms with van der Waals surface area (Å²) < 4.78 is 44.0. The molecule has 2 aliphatic heterocycles. The number of rotatable bonds is 5. The van der Waals surface area contributed by atoms with E-state index in [1.165, 1.54) is 12.1 Å². The number of alkyl halides is 3. The van der Waals surface area contributed by atoms with Crippen molar-refractivity contribution in [2.24, 2.45) is 11.3 Å². The van der Waals surface area contributed by atoms with E-state index in [1.54, 1.807) is 0 Å². The molecule has 3 aliphatic rings. The Kier molecular flexibility index (Phi) is 7.24. The van der Waals surface area contributed by atoms with Crippen molar-refractivity contribution in [1.82, 2.24) is 10.2 Å². The van der Waals surface area contributed by atoms with Crippen LogP contribution in [0.5, 0.6) is 0 Å². The summed E-state index contributed by atoms with van der Waals surface area (Å²) in [6, 6.07) is 6.16. The normalized spacial score (nSPS) is 27.4. The number of hydrogen-bond donors (Lipinski definition) is 1. The van der Waals surface area contributed by atoms with Gasteiger partial charge in [0.15, 0.2) is 0 Å². The number of hydrogen-bond acceptors (Lipinski definition) is 4. The first-order chi connectivity index (χ1) is 15.7. The predicted molar refractivity (Wildman–Crippen MR) is 122 cm³/mol. The quantitative estimate of drug-likeness (QED) is 0.701. The van der Waals surface area contributed by atoms with Crippen molar-refractivity contribution in [1.29, 1.82) is 0 Å². The van der Waals surface area contributed by atoms with Gasteiger partial charge in [0.1, 0.15) is 0 Å². The van der Waals surface area contributed by atoms with E-state index >= 15 is 0 Å². The minimum absolute atomic E-state index is 0.251. The van der Waals surface area contributed by atoms with Crippen LogP contribution in [0.15, 0.2) is 24.3 Å². The summed E-state index contributed by atoms with van der Waals surface area (Å²) in [5, 5.41) is 3.79. The van der Waals surface area contributed by atoms with Gasteiger partial charge in [-0.1, -0.05) is 13.8 Å². The number of halogens is 3. The van der Waals surface area contributed by atoms with Crippen LogP contribution in [-0.4, -0.2) is 62.3 Å². The van der Waals surface area contributed by atoms with E-state index in [9.17, 15) is 18.0 Å². The fourth-order valence-electron chi connectivity index (χ4n) is 5.72. The van der Waals surface area contributed by atoms with Crippen molar-refractivity contribution in [3.8, 4) is 0 Å². The maximum absolute atomic E-state index is 13.7. The van der Waals surface area contributed by atoms with Gasteiger partial charge in [-0.05, 0) is 62.3 Å². The van der Waals surface area contributed by atoms with Crippen LogP contribution in [0.1, 0.15) is 51.5 Å². The lowest BCUT2D eigenvalue weighted by Crippen LogP contribution is -2.54. The van der Waals surface area contributed by atoms with Crippen molar-refractivity contribution in [2.75, 3.05) is 44.3 Å². The van der Waals surface area contributed by atoms with Crippen molar-refractivity contribution in [3.63, 3.8) is 0 Å². The Morgan fingerprint density at radius 3 is 2.24 bits per heavy atom. The summed E-state index contributed by atoms with van der Waals surface area (Å²) in [5.41, 5.74) is -0.196. The van der Waals surface area contributed by atoms with Gasteiger partial charge in [-0.2, -0.15) is 13.2 Å². The SMILES string of the molecule is CC(C)[C@]1(C(=O)N2CCN(c3ccc(C(F)(F)F)cc3)CC2)CCC(NC2CCOCC2)C1. The molecule has 4 rings (SSSR count). The highest BCUT2D eigenvalue weighted by Crippen LogP contribution is 2.46. The maximum atomic E-state index is 13.7. The minimum atomic E-state index is -4.33. The van der Waals surface area contributed by atoms with E-state index in [4.69, 9.17) is 4.74 Å². The number of amides is 1. The Morgan fingerprint density at radius 2 is 1.67 bits per heavy atom. The van der Waals surface area contributed by atoms with Gasteiger partial charge in [0, 0.05) is 57.2 Å². The lowest BCUT2D eigenvalue weighted by Gasteiger charge is -2.42. The lowest BCUT2D eigenvalue weighted by atomic mass is 9.74. The molecule has 0 bridgehead atoms. The molecule has 2 heterocycles. The molecule has 33 heavy (non-hydrogen) atoms. The Labute approximate surface area is 194 Å². The van der Waals surface area contributed by atoms with Crippen LogP contribution in [0.2, 0.25) is 0 Å². The monoisotopic (exact) mass is 467 g/mol. The highest BCUT2D eigenvalue weighted by atomic mass is 19.4.